The molecule has 2 aromatic heterocycles. The van der Waals surface area contributed by atoms with Crippen LogP contribution in [0.15, 0.2) is 12.7 Å². The summed E-state index contributed by atoms with van der Waals surface area (Å²) in [6.07, 6.45) is -1.73. The van der Waals surface area contributed by atoms with Crippen molar-refractivity contribution >= 4 is 17.0 Å². The highest BCUT2D eigenvalue weighted by molar-refractivity contribution is 5.81. The average Bonchev–Trinajstić information content (AvgIpc) is 3.04. The van der Waals surface area contributed by atoms with Gasteiger partial charge in [0.05, 0.1) is 6.61 Å². The summed E-state index contributed by atoms with van der Waals surface area (Å²) in [7, 11) is 0. The lowest BCUT2D eigenvalue weighted by Gasteiger charge is -2.28. The van der Waals surface area contributed by atoms with Crippen LogP contribution in [0.25, 0.3) is 11.2 Å². The lowest BCUT2D eigenvalue weighted by Crippen LogP contribution is -2.51. The summed E-state index contributed by atoms with van der Waals surface area (Å²) in [6, 6.07) is -1.31. The third-order valence-corrected chi connectivity index (χ3v) is 3.72. The molecule has 1 aliphatic heterocycles. The van der Waals surface area contributed by atoms with E-state index in [2.05, 4.69) is 15.0 Å². The molecule has 0 saturated carbocycles. The molecule has 8 N–H and O–H groups in total. The van der Waals surface area contributed by atoms with Crippen molar-refractivity contribution < 1.29 is 25.2 Å². The summed E-state index contributed by atoms with van der Waals surface area (Å²) in [4.78, 5) is 11.7. The van der Waals surface area contributed by atoms with E-state index < -0.39 is 36.9 Å². The molecule has 11 nitrogen and oxygen atoms in total. The van der Waals surface area contributed by atoms with E-state index in [9.17, 15) is 15.3 Å². The maximum atomic E-state index is 10.7. The van der Waals surface area contributed by atoms with Gasteiger partial charge in [0.2, 0.25) is 0 Å². The summed E-state index contributed by atoms with van der Waals surface area (Å²) >= 11 is 0. The number of imidazole rings is 1. The molecule has 2 aromatic rings. The SMILES string of the molecule is Nc1ncnc2c1ncn2[C@@]1(O)O[C@H]([C@H](O)CO)[C@H](O)[C@@H]1N. The van der Waals surface area contributed by atoms with Crippen LogP contribution in [-0.2, 0) is 10.6 Å². The Morgan fingerprint density at radius 3 is 2.82 bits per heavy atom. The minimum Gasteiger partial charge on any atom is -0.394 e. The van der Waals surface area contributed by atoms with Gasteiger partial charge >= 0.3 is 0 Å². The maximum absolute atomic E-state index is 10.7. The molecule has 0 radical (unpaired) electrons. The maximum Gasteiger partial charge on any atom is 0.274 e. The predicted molar refractivity (Wildman–Crippen MR) is 71.9 cm³/mol. The van der Waals surface area contributed by atoms with Gasteiger partial charge in [0.25, 0.3) is 5.91 Å². The molecule has 0 amide bonds. The first-order chi connectivity index (χ1) is 10.4. The molecule has 22 heavy (non-hydrogen) atoms. The Hall–Kier alpha value is -1.89. The minimum absolute atomic E-state index is 0.103. The van der Waals surface area contributed by atoms with Crippen LogP contribution in [0.5, 0.6) is 0 Å². The lowest BCUT2D eigenvalue weighted by atomic mass is 10.0. The first-order valence-corrected chi connectivity index (χ1v) is 6.47. The monoisotopic (exact) mass is 312 g/mol. The van der Waals surface area contributed by atoms with E-state index in [1.807, 2.05) is 0 Å². The zero-order valence-electron chi connectivity index (χ0n) is 11.3. The summed E-state index contributed by atoms with van der Waals surface area (Å²) in [6.45, 7) is -0.662. The van der Waals surface area contributed by atoms with E-state index in [-0.39, 0.29) is 17.0 Å². The molecule has 1 fully saturated rings. The fourth-order valence-corrected chi connectivity index (χ4v) is 2.49. The number of aromatic nitrogens is 4. The predicted octanol–water partition coefficient (Wildman–Crippen LogP) is -3.55. The Morgan fingerprint density at radius 2 is 2.14 bits per heavy atom. The number of nitrogen functional groups attached to an aromatic ring is 1. The van der Waals surface area contributed by atoms with Crippen molar-refractivity contribution in [3.05, 3.63) is 12.7 Å². The fourth-order valence-electron chi connectivity index (χ4n) is 2.49. The van der Waals surface area contributed by atoms with Crippen LogP contribution in [0.2, 0.25) is 0 Å². The van der Waals surface area contributed by atoms with Crippen LogP contribution >= 0.6 is 0 Å². The molecule has 0 bridgehead atoms. The molecule has 0 spiro atoms. The smallest absolute Gasteiger partial charge is 0.274 e. The van der Waals surface area contributed by atoms with Crippen LogP contribution in [0.1, 0.15) is 0 Å². The largest absolute Gasteiger partial charge is 0.394 e. The highest BCUT2D eigenvalue weighted by atomic mass is 16.7. The molecule has 120 valence electrons. The second-order valence-electron chi connectivity index (χ2n) is 5.05. The Morgan fingerprint density at radius 1 is 1.41 bits per heavy atom. The Balaban J connectivity index is 2.07. The Kier molecular flexibility index (Phi) is 3.47. The van der Waals surface area contributed by atoms with Crippen LogP contribution in [0, 0.1) is 0 Å². The Bertz CT molecular complexity index is 695. The number of rotatable bonds is 3. The summed E-state index contributed by atoms with van der Waals surface area (Å²) in [5.41, 5.74) is 11.9. The van der Waals surface area contributed by atoms with Gasteiger partial charge in [0.15, 0.2) is 11.5 Å². The van der Waals surface area contributed by atoms with E-state index in [0.717, 1.165) is 4.57 Å². The molecule has 0 aliphatic carbocycles. The van der Waals surface area contributed by atoms with Crippen molar-refractivity contribution in [2.45, 2.75) is 30.3 Å². The molecule has 1 saturated heterocycles. The van der Waals surface area contributed by atoms with Crippen molar-refractivity contribution in [2.24, 2.45) is 5.73 Å². The highest BCUT2D eigenvalue weighted by Gasteiger charge is 2.56. The van der Waals surface area contributed by atoms with E-state index in [4.69, 9.17) is 21.3 Å². The fraction of sp³-hybridized carbons (Fsp3) is 0.545. The number of ether oxygens (including phenoxy) is 1. The molecule has 3 heterocycles. The molecule has 3 rings (SSSR count). The third-order valence-electron chi connectivity index (χ3n) is 3.72. The quantitative estimate of drug-likeness (QED) is 0.331. The van der Waals surface area contributed by atoms with E-state index in [1.165, 1.54) is 12.7 Å². The molecular weight excluding hydrogens is 296 g/mol. The normalized spacial score (nSPS) is 33.4. The molecule has 11 heteroatoms. The summed E-state index contributed by atoms with van der Waals surface area (Å²) in [5.74, 6) is -2.11. The standard InChI is InChI=1S/C11H16N6O5/c12-8-6(20)7(4(19)1-18)22-11(8,21)17-3-16-5-9(13)14-2-15-10(5)17/h2-4,6-8,18-21H,1,12H2,(H2,13,14,15)/t4-,6+,7-,8+,11+/m1/s1. The summed E-state index contributed by atoms with van der Waals surface area (Å²) < 4.78 is 6.41. The number of anilines is 1. The number of nitrogens with zero attached hydrogens (tertiary/aromatic N) is 4. The topological polar surface area (TPSA) is 186 Å². The van der Waals surface area contributed by atoms with Gasteiger partial charge in [0, 0.05) is 0 Å². The van der Waals surface area contributed by atoms with Gasteiger partial charge in [-0.25, -0.2) is 15.0 Å². The van der Waals surface area contributed by atoms with Crippen LogP contribution in [0.3, 0.4) is 0 Å². The second kappa shape index (κ2) is 5.08. The number of aliphatic hydroxyl groups is 4. The van der Waals surface area contributed by atoms with Crippen LogP contribution in [-0.4, -0.2) is 70.9 Å². The van der Waals surface area contributed by atoms with E-state index in [1.54, 1.807) is 0 Å². The van der Waals surface area contributed by atoms with Gasteiger partial charge in [-0.2, -0.15) is 0 Å². The van der Waals surface area contributed by atoms with Crippen LogP contribution in [0.4, 0.5) is 5.82 Å². The van der Waals surface area contributed by atoms with Crippen molar-refractivity contribution in [1.29, 1.82) is 0 Å². The van der Waals surface area contributed by atoms with Crippen molar-refractivity contribution in [1.82, 2.24) is 19.5 Å². The first kappa shape index (κ1) is 15.0. The molecule has 0 aromatic carbocycles. The molecule has 1 aliphatic rings. The van der Waals surface area contributed by atoms with Crippen molar-refractivity contribution in [3.8, 4) is 0 Å². The van der Waals surface area contributed by atoms with Gasteiger partial charge in [-0.3, -0.25) is 4.57 Å². The zero-order chi connectivity index (χ0) is 16.1. The zero-order valence-corrected chi connectivity index (χ0v) is 11.3. The second-order valence-corrected chi connectivity index (χ2v) is 5.05. The molecular formula is C11H16N6O5. The van der Waals surface area contributed by atoms with Gasteiger partial charge < -0.3 is 36.6 Å². The molecule has 0 unspecified atom stereocenters. The number of hydrogen-bond acceptors (Lipinski definition) is 10. The first-order valence-electron chi connectivity index (χ1n) is 6.47. The van der Waals surface area contributed by atoms with Gasteiger partial charge in [-0.15, -0.1) is 0 Å². The van der Waals surface area contributed by atoms with Gasteiger partial charge in [-0.1, -0.05) is 0 Å². The number of fused-ring (bicyclic) bond motifs is 1. The van der Waals surface area contributed by atoms with Crippen LogP contribution < -0.4 is 11.5 Å². The Labute approximate surface area is 123 Å². The number of aliphatic hydroxyl groups excluding tert-OH is 3. The minimum atomic E-state index is -2.21. The lowest BCUT2D eigenvalue weighted by molar-refractivity contribution is -0.268. The highest BCUT2D eigenvalue weighted by Crippen LogP contribution is 2.35. The average molecular weight is 312 g/mol. The third kappa shape index (κ3) is 1.95. The van der Waals surface area contributed by atoms with E-state index >= 15 is 0 Å². The van der Waals surface area contributed by atoms with E-state index in [0.29, 0.717) is 0 Å². The van der Waals surface area contributed by atoms with Gasteiger partial charge in [-0.05, 0) is 0 Å². The van der Waals surface area contributed by atoms with Crippen molar-refractivity contribution in [3.63, 3.8) is 0 Å². The summed E-state index contributed by atoms with van der Waals surface area (Å²) in [5, 5.41) is 39.4. The van der Waals surface area contributed by atoms with Gasteiger partial charge in [0.1, 0.15) is 42.5 Å². The van der Waals surface area contributed by atoms with Crippen molar-refractivity contribution in [2.75, 3.05) is 12.3 Å². The number of nitrogens with two attached hydrogens (primary N) is 2. The number of hydrogen-bond donors (Lipinski definition) is 6. The molecule has 5 atom stereocenters.